The molecule has 29 heavy (non-hydrogen) atoms. The molecule has 1 heterocycles. The number of anilines is 2. The summed E-state index contributed by atoms with van der Waals surface area (Å²) in [7, 11) is 0. The van der Waals surface area contributed by atoms with Crippen LogP contribution in [-0.4, -0.2) is 17.6 Å². The maximum absolute atomic E-state index is 12.4. The molecule has 1 aromatic heterocycles. The van der Waals surface area contributed by atoms with Gasteiger partial charge in [-0.2, -0.15) is 0 Å². The number of thioether (sulfide) groups is 1. The second-order valence-corrected chi connectivity index (χ2v) is 7.37. The molecule has 0 aliphatic rings. The highest BCUT2D eigenvalue weighted by atomic mass is 32.2. The molecular formula is C23H18N2O3S. The van der Waals surface area contributed by atoms with Gasteiger partial charge < -0.3 is 15.1 Å². The average molecular weight is 402 g/mol. The summed E-state index contributed by atoms with van der Waals surface area (Å²) >= 11 is 1.41. The molecule has 0 atom stereocenters. The standard InChI is InChI=1S/C23H18N2O3S/c26-22(25-20-11-3-7-16-6-1-2-10-19(16)20)15-29-18-9-4-8-17(14-18)24-23(27)21-12-5-13-28-21/h1-14H,15H2,(H,24,27)(H,25,26). The molecule has 0 unspecified atom stereocenters. The minimum Gasteiger partial charge on any atom is -0.459 e. The summed E-state index contributed by atoms with van der Waals surface area (Å²) in [6, 6.07) is 24.4. The van der Waals surface area contributed by atoms with Gasteiger partial charge in [-0.1, -0.05) is 42.5 Å². The number of nitrogens with one attached hydrogen (secondary N) is 2. The predicted molar refractivity (Wildman–Crippen MR) is 116 cm³/mol. The first-order chi connectivity index (χ1) is 14.2. The second-order valence-electron chi connectivity index (χ2n) is 6.32. The number of hydrogen-bond donors (Lipinski definition) is 2. The van der Waals surface area contributed by atoms with Crippen LogP contribution < -0.4 is 10.6 Å². The molecule has 5 nitrogen and oxygen atoms in total. The van der Waals surface area contributed by atoms with E-state index in [1.165, 1.54) is 18.0 Å². The van der Waals surface area contributed by atoms with Crippen molar-refractivity contribution in [1.82, 2.24) is 0 Å². The van der Waals surface area contributed by atoms with Gasteiger partial charge in [-0.3, -0.25) is 9.59 Å². The molecule has 4 rings (SSSR count). The van der Waals surface area contributed by atoms with Gasteiger partial charge in [0, 0.05) is 21.7 Å². The molecule has 2 N–H and O–H groups in total. The van der Waals surface area contributed by atoms with E-state index < -0.39 is 0 Å². The molecule has 0 radical (unpaired) electrons. The number of hydrogen-bond acceptors (Lipinski definition) is 4. The van der Waals surface area contributed by atoms with Crippen LogP contribution in [-0.2, 0) is 4.79 Å². The van der Waals surface area contributed by atoms with Crippen LogP contribution in [0, 0.1) is 0 Å². The van der Waals surface area contributed by atoms with Crippen molar-refractivity contribution < 1.29 is 14.0 Å². The number of amides is 2. The van der Waals surface area contributed by atoms with Gasteiger partial charge in [-0.15, -0.1) is 11.8 Å². The van der Waals surface area contributed by atoms with Crippen LogP contribution in [0.15, 0.2) is 94.4 Å². The fourth-order valence-corrected chi connectivity index (χ4v) is 3.69. The van der Waals surface area contributed by atoms with Gasteiger partial charge in [0.1, 0.15) is 0 Å². The zero-order valence-corrected chi connectivity index (χ0v) is 16.2. The molecule has 144 valence electrons. The minimum absolute atomic E-state index is 0.0867. The lowest BCUT2D eigenvalue weighted by Crippen LogP contribution is -2.14. The van der Waals surface area contributed by atoms with Crippen LogP contribution in [0.3, 0.4) is 0 Å². The summed E-state index contributed by atoms with van der Waals surface area (Å²) in [5, 5.41) is 7.86. The van der Waals surface area contributed by atoms with E-state index in [-0.39, 0.29) is 23.3 Å². The van der Waals surface area contributed by atoms with Crippen molar-refractivity contribution in [2.75, 3.05) is 16.4 Å². The maximum Gasteiger partial charge on any atom is 0.291 e. The number of fused-ring (bicyclic) bond motifs is 1. The Morgan fingerprint density at radius 2 is 1.69 bits per heavy atom. The Balaban J connectivity index is 1.37. The predicted octanol–water partition coefficient (Wildman–Crippen LogP) is 5.42. The topological polar surface area (TPSA) is 71.3 Å². The van der Waals surface area contributed by atoms with Crippen LogP contribution >= 0.6 is 11.8 Å². The summed E-state index contributed by atoms with van der Waals surface area (Å²) in [5.74, 6) is 0.110. The van der Waals surface area contributed by atoms with E-state index in [1.54, 1.807) is 18.2 Å². The molecule has 6 heteroatoms. The highest BCUT2D eigenvalue weighted by molar-refractivity contribution is 8.00. The van der Waals surface area contributed by atoms with E-state index in [0.29, 0.717) is 5.69 Å². The highest BCUT2D eigenvalue weighted by Crippen LogP contribution is 2.25. The molecule has 2 amide bonds. The molecule has 0 saturated carbocycles. The normalized spacial score (nSPS) is 10.6. The Labute approximate surface area is 172 Å². The Bertz CT molecular complexity index is 1150. The van der Waals surface area contributed by atoms with E-state index in [2.05, 4.69) is 10.6 Å². The highest BCUT2D eigenvalue weighted by Gasteiger charge is 2.10. The van der Waals surface area contributed by atoms with Crippen LogP contribution in [0.25, 0.3) is 10.8 Å². The van der Waals surface area contributed by atoms with Crippen molar-refractivity contribution in [2.24, 2.45) is 0 Å². The molecular weight excluding hydrogens is 384 g/mol. The SMILES string of the molecule is O=C(CSc1cccc(NC(=O)c2ccco2)c1)Nc1cccc2ccccc12. The lowest BCUT2D eigenvalue weighted by molar-refractivity contribution is -0.113. The summed E-state index contributed by atoms with van der Waals surface area (Å²) in [6.45, 7) is 0. The lowest BCUT2D eigenvalue weighted by Gasteiger charge is -2.09. The zero-order valence-electron chi connectivity index (χ0n) is 15.4. The van der Waals surface area contributed by atoms with E-state index >= 15 is 0 Å². The first kappa shape index (κ1) is 18.8. The maximum atomic E-state index is 12.4. The molecule has 0 spiro atoms. The number of furan rings is 1. The van der Waals surface area contributed by atoms with E-state index in [9.17, 15) is 9.59 Å². The van der Waals surface area contributed by atoms with Crippen molar-refractivity contribution in [3.05, 3.63) is 90.9 Å². The number of rotatable bonds is 6. The Morgan fingerprint density at radius 1 is 0.862 bits per heavy atom. The van der Waals surface area contributed by atoms with Gasteiger partial charge in [0.05, 0.1) is 12.0 Å². The van der Waals surface area contributed by atoms with Crippen LogP contribution in [0.4, 0.5) is 11.4 Å². The van der Waals surface area contributed by atoms with Gasteiger partial charge in [0.25, 0.3) is 5.91 Å². The fourth-order valence-electron chi connectivity index (χ4n) is 2.93. The summed E-state index contributed by atoms with van der Waals surface area (Å²) in [4.78, 5) is 25.4. The third kappa shape index (κ3) is 4.67. The van der Waals surface area contributed by atoms with Crippen LogP contribution in [0.1, 0.15) is 10.6 Å². The molecule has 3 aromatic carbocycles. The quantitative estimate of drug-likeness (QED) is 0.423. The first-order valence-electron chi connectivity index (χ1n) is 9.04. The molecule has 0 fully saturated rings. The van der Waals surface area contributed by atoms with Crippen molar-refractivity contribution in [3.63, 3.8) is 0 Å². The zero-order chi connectivity index (χ0) is 20.1. The Hall–Kier alpha value is -3.51. The van der Waals surface area contributed by atoms with E-state index in [4.69, 9.17) is 4.42 Å². The van der Waals surface area contributed by atoms with E-state index in [1.807, 2.05) is 60.7 Å². The van der Waals surface area contributed by atoms with Gasteiger partial charge in [-0.05, 0) is 41.8 Å². The molecule has 4 aromatic rings. The first-order valence-corrected chi connectivity index (χ1v) is 10.0. The second kappa shape index (κ2) is 8.67. The largest absolute Gasteiger partial charge is 0.459 e. The van der Waals surface area contributed by atoms with Gasteiger partial charge in [0.15, 0.2) is 5.76 Å². The van der Waals surface area contributed by atoms with Crippen LogP contribution in [0.5, 0.6) is 0 Å². The van der Waals surface area contributed by atoms with Crippen LogP contribution in [0.2, 0.25) is 0 Å². The molecule has 0 saturated heterocycles. The Morgan fingerprint density at radius 3 is 2.55 bits per heavy atom. The summed E-state index contributed by atoms with van der Waals surface area (Å²) in [5.41, 5.74) is 1.44. The van der Waals surface area contributed by atoms with Crippen molar-refractivity contribution in [3.8, 4) is 0 Å². The number of carbonyl (C=O) groups excluding carboxylic acids is 2. The number of carbonyl (C=O) groups is 2. The van der Waals surface area contributed by atoms with E-state index in [0.717, 1.165) is 21.4 Å². The van der Waals surface area contributed by atoms with Crippen molar-refractivity contribution in [2.45, 2.75) is 4.90 Å². The van der Waals surface area contributed by atoms with Gasteiger partial charge >= 0.3 is 0 Å². The van der Waals surface area contributed by atoms with Crippen molar-refractivity contribution in [1.29, 1.82) is 0 Å². The minimum atomic E-state index is -0.314. The molecule has 0 aliphatic heterocycles. The Kier molecular flexibility index (Phi) is 5.63. The lowest BCUT2D eigenvalue weighted by atomic mass is 10.1. The fraction of sp³-hybridized carbons (Fsp3) is 0.0435. The third-order valence-corrected chi connectivity index (χ3v) is 5.26. The summed E-state index contributed by atoms with van der Waals surface area (Å²) < 4.78 is 5.09. The molecule has 0 bridgehead atoms. The third-order valence-electron chi connectivity index (χ3n) is 4.27. The number of benzene rings is 3. The van der Waals surface area contributed by atoms with Crippen molar-refractivity contribution >= 4 is 45.7 Å². The molecule has 0 aliphatic carbocycles. The monoisotopic (exact) mass is 402 g/mol. The van der Waals surface area contributed by atoms with Gasteiger partial charge in [-0.25, -0.2) is 0 Å². The smallest absolute Gasteiger partial charge is 0.291 e. The average Bonchev–Trinajstić information content (AvgIpc) is 3.28. The van der Waals surface area contributed by atoms with Gasteiger partial charge in [0.2, 0.25) is 5.91 Å². The summed E-state index contributed by atoms with van der Waals surface area (Å²) in [6.07, 6.45) is 1.45.